The third kappa shape index (κ3) is 3.47. The highest BCUT2D eigenvalue weighted by molar-refractivity contribution is 7.88. The third-order valence-electron chi connectivity index (χ3n) is 7.54. The fourth-order valence-corrected chi connectivity index (χ4v) is 6.75. The first-order chi connectivity index (χ1) is 14.2. The molecule has 2 atom stereocenters. The molecular weight excluding hydrogens is 404 g/mol. The number of carbonyl (C=O) groups is 2. The number of piperidine rings is 1. The van der Waals surface area contributed by atoms with Gasteiger partial charge in [0.25, 0.3) is 0 Å². The predicted molar refractivity (Wildman–Crippen MR) is 114 cm³/mol. The van der Waals surface area contributed by atoms with Crippen molar-refractivity contribution in [3.05, 3.63) is 30.3 Å². The van der Waals surface area contributed by atoms with Crippen LogP contribution in [0.2, 0.25) is 0 Å². The average Bonchev–Trinajstić information content (AvgIpc) is 3.26. The maximum atomic E-state index is 12.9. The molecule has 3 amide bonds. The Bertz CT molecular complexity index is 928. The lowest BCUT2D eigenvalue weighted by atomic mass is 9.65. The van der Waals surface area contributed by atoms with Gasteiger partial charge >= 0.3 is 6.03 Å². The highest BCUT2D eigenvalue weighted by atomic mass is 32.2. The Morgan fingerprint density at radius 3 is 2.33 bits per heavy atom. The summed E-state index contributed by atoms with van der Waals surface area (Å²) in [6.45, 7) is 1.87. The van der Waals surface area contributed by atoms with Gasteiger partial charge in [0, 0.05) is 38.9 Å². The van der Waals surface area contributed by atoms with Crippen molar-refractivity contribution in [2.45, 2.75) is 25.7 Å². The summed E-state index contributed by atoms with van der Waals surface area (Å²) in [6.07, 6.45) is 4.39. The van der Waals surface area contributed by atoms with E-state index in [9.17, 15) is 18.0 Å². The molecule has 0 aromatic heterocycles. The molecule has 2 saturated heterocycles. The second-order valence-corrected chi connectivity index (χ2v) is 11.0. The average molecular weight is 435 g/mol. The fraction of sp³-hybridized carbons (Fsp3) is 0.619. The Labute approximate surface area is 178 Å². The van der Waals surface area contributed by atoms with E-state index in [1.165, 1.54) is 10.6 Å². The molecule has 4 rings (SSSR count). The fourth-order valence-electron chi connectivity index (χ4n) is 5.87. The minimum atomic E-state index is -3.36. The molecule has 0 radical (unpaired) electrons. The predicted octanol–water partition coefficient (Wildman–Crippen LogP) is 1.72. The van der Waals surface area contributed by atoms with E-state index in [-0.39, 0.29) is 29.8 Å². The minimum absolute atomic E-state index is 0.0148. The van der Waals surface area contributed by atoms with E-state index in [0.29, 0.717) is 26.1 Å². The zero-order valence-corrected chi connectivity index (χ0v) is 18.4. The van der Waals surface area contributed by atoms with Crippen molar-refractivity contribution in [1.29, 1.82) is 0 Å². The van der Waals surface area contributed by atoms with Gasteiger partial charge in [0.1, 0.15) is 0 Å². The summed E-state index contributed by atoms with van der Waals surface area (Å²) in [5.41, 5.74) is 0.00350. The lowest BCUT2D eigenvalue weighted by molar-refractivity contribution is -0.132. The van der Waals surface area contributed by atoms with Crippen LogP contribution < -0.4 is 10.6 Å². The lowest BCUT2D eigenvalue weighted by Gasteiger charge is -2.44. The van der Waals surface area contributed by atoms with Gasteiger partial charge < -0.3 is 15.5 Å². The van der Waals surface area contributed by atoms with Crippen LogP contribution in [0.15, 0.2) is 30.3 Å². The number of nitrogens with one attached hydrogen (secondary N) is 2. The van der Waals surface area contributed by atoms with Crippen molar-refractivity contribution in [3.8, 4) is 0 Å². The van der Waals surface area contributed by atoms with E-state index < -0.39 is 15.4 Å². The van der Waals surface area contributed by atoms with E-state index in [4.69, 9.17) is 0 Å². The number of anilines is 1. The van der Waals surface area contributed by atoms with Gasteiger partial charge in [0.05, 0.1) is 11.7 Å². The van der Waals surface area contributed by atoms with Gasteiger partial charge in [-0.2, -0.15) is 0 Å². The van der Waals surface area contributed by atoms with Crippen LogP contribution in [-0.4, -0.2) is 69.0 Å². The van der Waals surface area contributed by atoms with Crippen molar-refractivity contribution in [3.63, 3.8) is 0 Å². The molecule has 9 heteroatoms. The Morgan fingerprint density at radius 1 is 1.07 bits per heavy atom. The first-order valence-corrected chi connectivity index (χ1v) is 12.3. The molecule has 1 aromatic rings. The quantitative estimate of drug-likeness (QED) is 0.757. The molecule has 2 N–H and O–H groups in total. The SMILES string of the molecule is CNC(=O)[C@@]12CCC3(CCN(C(=O)Nc4ccccc4)CC3)[C@@H]1CN(S(C)(=O)=O)C2. The Morgan fingerprint density at radius 2 is 1.73 bits per heavy atom. The van der Waals surface area contributed by atoms with Crippen LogP contribution in [0.25, 0.3) is 0 Å². The number of sulfonamides is 1. The number of urea groups is 1. The first kappa shape index (κ1) is 21.1. The van der Waals surface area contributed by atoms with Crippen LogP contribution in [-0.2, 0) is 14.8 Å². The molecule has 2 aliphatic heterocycles. The molecule has 1 saturated carbocycles. The number of hydrogen-bond acceptors (Lipinski definition) is 4. The van der Waals surface area contributed by atoms with Crippen LogP contribution in [0.4, 0.5) is 10.5 Å². The van der Waals surface area contributed by atoms with Crippen LogP contribution in [0, 0.1) is 16.7 Å². The van der Waals surface area contributed by atoms with Gasteiger partial charge in [-0.05, 0) is 49.1 Å². The summed E-state index contributed by atoms with van der Waals surface area (Å²) in [5.74, 6) is -0.0706. The largest absolute Gasteiger partial charge is 0.359 e. The maximum Gasteiger partial charge on any atom is 0.321 e. The second kappa shape index (κ2) is 7.53. The number of hydrogen-bond donors (Lipinski definition) is 2. The van der Waals surface area contributed by atoms with Gasteiger partial charge in [0.15, 0.2) is 0 Å². The molecule has 1 spiro atoms. The summed E-state index contributed by atoms with van der Waals surface area (Å²) in [5, 5.41) is 5.72. The van der Waals surface area contributed by atoms with E-state index >= 15 is 0 Å². The smallest absolute Gasteiger partial charge is 0.321 e. The van der Waals surface area contributed by atoms with Crippen molar-refractivity contribution in [1.82, 2.24) is 14.5 Å². The van der Waals surface area contributed by atoms with Crippen LogP contribution in [0.1, 0.15) is 25.7 Å². The summed E-state index contributed by atoms with van der Waals surface area (Å²) in [7, 11) is -1.74. The number of fused-ring (bicyclic) bond motifs is 2. The monoisotopic (exact) mass is 434 g/mol. The Hall–Kier alpha value is -2.13. The number of carbonyl (C=O) groups excluding carboxylic acids is 2. The van der Waals surface area contributed by atoms with Crippen LogP contribution >= 0.6 is 0 Å². The molecule has 3 fully saturated rings. The minimum Gasteiger partial charge on any atom is -0.359 e. The number of rotatable bonds is 3. The summed E-state index contributed by atoms with van der Waals surface area (Å²) in [6, 6.07) is 9.26. The molecule has 0 unspecified atom stereocenters. The standard InChI is InChI=1S/C21H30N4O4S/c1-22-18(26)21-9-8-20(17(21)14-25(15-21)30(2,28)29)10-12-24(13-11-20)19(27)23-16-6-4-3-5-7-16/h3-7,17H,8-15H2,1-2H3,(H,22,26)(H,23,27)/t17-,21+/m0/s1. The Balaban J connectivity index is 1.49. The van der Waals surface area contributed by atoms with Crippen LogP contribution in [0.5, 0.6) is 0 Å². The van der Waals surface area contributed by atoms with E-state index in [1.54, 1.807) is 7.05 Å². The van der Waals surface area contributed by atoms with E-state index in [1.807, 2.05) is 35.2 Å². The number of para-hydroxylation sites is 1. The molecule has 0 bridgehead atoms. The van der Waals surface area contributed by atoms with E-state index in [2.05, 4.69) is 10.6 Å². The number of nitrogens with zero attached hydrogens (tertiary/aromatic N) is 2. The molecular formula is C21H30N4O4S. The van der Waals surface area contributed by atoms with Gasteiger partial charge in [-0.15, -0.1) is 0 Å². The topological polar surface area (TPSA) is 98.8 Å². The van der Waals surface area contributed by atoms with Crippen molar-refractivity contribution >= 4 is 27.6 Å². The van der Waals surface area contributed by atoms with Crippen molar-refractivity contribution in [2.24, 2.45) is 16.7 Å². The van der Waals surface area contributed by atoms with Crippen LogP contribution in [0.3, 0.4) is 0 Å². The maximum absolute atomic E-state index is 12.9. The molecule has 8 nitrogen and oxygen atoms in total. The third-order valence-corrected chi connectivity index (χ3v) is 8.76. The number of benzene rings is 1. The van der Waals surface area contributed by atoms with Gasteiger partial charge in [-0.1, -0.05) is 18.2 Å². The molecule has 2 heterocycles. The molecule has 164 valence electrons. The summed E-state index contributed by atoms with van der Waals surface area (Å²) < 4.78 is 25.9. The Kier molecular flexibility index (Phi) is 5.30. The first-order valence-electron chi connectivity index (χ1n) is 10.5. The molecule has 3 aliphatic rings. The number of amides is 3. The van der Waals surface area contributed by atoms with E-state index in [0.717, 1.165) is 24.9 Å². The van der Waals surface area contributed by atoms with Gasteiger partial charge in [-0.25, -0.2) is 17.5 Å². The normalized spacial score (nSPS) is 28.3. The summed E-state index contributed by atoms with van der Waals surface area (Å²) in [4.78, 5) is 27.4. The van der Waals surface area contributed by atoms with Crippen molar-refractivity contribution < 1.29 is 18.0 Å². The zero-order valence-electron chi connectivity index (χ0n) is 17.6. The molecule has 30 heavy (non-hydrogen) atoms. The van der Waals surface area contributed by atoms with Gasteiger partial charge in [0.2, 0.25) is 15.9 Å². The number of likely N-dealkylation sites (tertiary alicyclic amines) is 1. The second-order valence-electron chi connectivity index (χ2n) is 8.99. The molecule has 1 aromatic carbocycles. The highest BCUT2D eigenvalue weighted by Gasteiger charge is 2.65. The zero-order chi connectivity index (χ0) is 21.6. The lowest BCUT2D eigenvalue weighted by Crippen LogP contribution is -2.50. The molecule has 1 aliphatic carbocycles. The summed E-state index contributed by atoms with van der Waals surface area (Å²) >= 11 is 0. The van der Waals surface area contributed by atoms with Gasteiger partial charge in [-0.3, -0.25) is 4.79 Å². The van der Waals surface area contributed by atoms with Crippen molar-refractivity contribution in [2.75, 3.05) is 44.8 Å². The highest BCUT2D eigenvalue weighted by Crippen LogP contribution is 2.62.